The molecule has 24 heavy (non-hydrogen) atoms. The van der Waals surface area contributed by atoms with Crippen molar-refractivity contribution in [1.29, 1.82) is 0 Å². The van der Waals surface area contributed by atoms with Gasteiger partial charge in [0.25, 0.3) is 0 Å². The molecule has 1 N–H and O–H groups in total. The molecule has 0 radical (unpaired) electrons. The molecule has 0 aliphatic carbocycles. The van der Waals surface area contributed by atoms with Gasteiger partial charge in [-0.3, -0.25) is 0 Å². The van der Waals surface area contributed by atoms with Crippen molar-refractivity contribution in [3.8, 4) is 11.5 Å². The normalized spacial score (nSPS) is 10.9. The van der Waals surface area contributed by atoms with E-state index in [0.717, 1.165) is 29.1 Å². The summed E-state index contributed by atoms with van der Waals surface area (Å²) < 4.78 is 12.5. The SMILES string of the molecule is COc1cc(CNCC(C)C)cc(Br)c1OCc1ccccc1C. The summed E-state index contributed by atoms with van der Waals surface area (Å²) in [7, 11) is 1.67. The highest BCUT2D eigenvalue weighted by Crippen LogP contribution is 2.37. The lowest BCUT2D eigenvalue weighted by atomic mass is 10.1. The van der Waals surface area contributed by atoms with E-state index in [1.807, 2.05) is 18.2 Å². The Bertz CT molecular complexity index is 671. The number of hydrogen-bond acceptors (Lipinski definition) is 3. The molecule has 0 aromatic heterocycles. The summed E-state index contributed by atoms with van der Waals surface area (Å²) in [5.74, 6) is 2.12. The highest BCUT2D eigenvalue weighted by Gasteiger charge is 2.12. The first-order chi connectivity index (χ1) is 11.5. The lowest BCUT2D eigenvalue weighted by molar-refractivity contribution is 0.281. The number of halogens is 1. The Morgan fingerprint density at radius 1 is 1.17 bits per heavy atom. The molecule has 0 heterocycles. The third kappa shape index (κ3) is 5.25. The first kappa shape index (κ1) is 18.8. The third-order valence-corrected chi connectivity index (χ3v) is 4.39. The Balaban J connectivity index is 2.10. The van der Waals surface area contributed by atoms with Crippen molar-refractivity contribution in [3.05, 3.63) is 57.6 Å². The van der Waals surface area contributed by atoms with Crippen LogP contribution < -0.4 is 14.8 Å². The fourth-order valence-corrected chi connectivity index (χ4v) is 3.05. The summed E-state index contributed by atoms with van der Waals surface area (Å²) in [4.78, 5) is 0. The number of ether oxygens (including phenoxy) is 2. The minimum Gasteiger partial charge on any atom is -0.493 e. The van der Waals surface area contributed by atoms with Crippen LogP contribution in [0.1, 0.15) is 30.5 Å². The highest BCUT2D eigenvalue weighted by atomic mass is 79.9. The zero-order chi connectivity index (χ0) is 17.5. The molecule has 0 spiro atoms. The molecule has 0 fully saturated rings. The second kappa shape index (κ2) is 9.09. The van der Waals surface area contributed by atoms with Gasteiger partial charge < -0.3 is 14.8 Å². The van der Waals surface area contributed by atoms with Crippen molar-refractivity contribution in [2.24, 2.45) is 5.92 Å². The van der Waals surface area contributed by atoms with Gasteiger partial charge in [-0.1, -0.05) is 38.1 Å². The minimum absolute atomic E-state index is 0.520. The van der Waals surface area contributed by atoms with E-state index in [1.165, 1.54) is 16.7 Å². The largest absolute Gasteiger partial charge is 0.493 e. The zero-order valence-electron chi connectivity index (χ0n) is 14.9. The Morgan fingerprint density at radius 2 is 1.92 bits per heavy atom. The quantitative estimate of drug-likeness (QED) is 0.679. The van der Waals surface area contributed by atoms with Crippen LogP contribution >= 0.6 is 15.9 Å². The maximum absolute atomic E-state index is 6.03. The molecule has 0 amide bonds. The van der Waals surface area contributed by atoms with Crippen LogP contribution in [-0.2, 0) is 13.2 Å². The standard InChI is InChI=1S/C20H26BrNO2/c1-14(2)11-22-12-16-9-18(21)20(19(10-16)23-4)24-13-17-8-6-5-7-15(17)3/h5-10,14,22H,11-13H2,1-4H3. The zero-order valence-corrected chi connectivity index (χ0v) is 16.4. The average molecular weight is 392 g/mol. The van der Waals surface area contributed by atoms with E-state index >= 15 is 0 Å². The van der Waals surface area contributed by atoms with E-state index in [1.54, 1.807) is 7.11 Å². The van der Waals surface area contributed by atoms with Crippen molar-refractivity contribution >= 4 is 15.9 Å². The molecule has 0 saturated carbocycles. The molecular weight excluding hydrogens is 366 g/mol. The molecular formula is C20H26BrNO2. The van der Waals surface area contributed by atoms with Crippen LogP contribution in [0.15, 0.2) is 40.9 Å². The molecule has 0 aliphatic rings. The monoisotopic (exact) mass is 391 g/mol. The van der Waals surface area contributed by atoms with Crippen molar-refractivity contribution < 1.29 is 9.47 Å². The number of hydrogen-bond donors (Lipinski definition) is 1. The highest BCUT2D eigenvalue weighted by molar-refractivity contribution is 9.10. The van der Waals surface area contributed by atoms with Crippen LogP contribution in [0.2, 0.25) is 0 Å². The minimum atomic E-state index is 0.520. The Labute approximate surface area is 153 Å². The van der Waals surface area contributed by atoms with Crippen molar-refractivity contribution in [1.82, 2.24) is 5.32 Å². The van der Waals surface area contributed by atoms with E-state index < -0.39 is 0 Å². The summed E-state index contributed by atoms with van der Waals surface area (Å²) in [6, 6.07) is 12.4. The number of benzene rings is 2. The topological polar surface area (TPSA) is 30.5 Å². The predicted octanol–water partition coefficient (Wildman–Crippen LogP) is 5.09. The molecule has 130 valence electrons. The molecule has 3 nitrogen and oxygen atoms in total. The molecule has 2 aromatic carbocycles. The fourth-order valence-electron chi connectivity index (χ4n) is 2.44. The molecule has 4 heteroatoms. The van der Waals surface area contributed by atoms with Crippen LogP contribution in [0, 0.1) is 12.8 Å². The summed E-state index contributed by atoms with van der Waals surface area (Å²) in [5.41, 5.74) is 3.57. The smallest absolute Gasteiger partial charge is 0.175 e. The fraction of sp³-hybridized carbons (Fsp3) is 0.400. The summed E-state index contributed by atoms with van der Waals surface area (Å²) >= 11 is 3.62. The number of methoxy groups -OCH3 is 1. The maximum atomic E-state index is 6.03. The first-order valence-electron chi connectivity index (χ1n) is 8.25. The average Bonchev–Trinajstić information content (AvgIpc) is 2.54. The van der Waals surface area contributed by atoms with Gasteiger partial charge in [0.05, 0.1) is 11.6 Å². The maximum Gasteiger partial charge on any atom is 0.175 e. The number of nitrogens with one attached hydrogen (secondary N) is 1. The van der Waals surface area contributed by atoms with Gasteiger partial charge in [-0.05, 0) is 64.1 Å². The van der Waals surface area contributed by atoms with Gasteiger partial charge in [0.2, 0.25) is 0 Å². The van der Waals surface area contributed by atoms with E-state index in [2.05, 4.69) is 60.2 Å². The number of rotatable bonds is 8. The Morgan fingerprint density at radius 3 is 2.58 bits per heavy atom. The van der Waals surface area contributed by atoms with Gasteiger partial charge in [0.15, 0.2) is 11.5 Å². The molecule has 2 rings (SSSR count). The van der Waals surface area contributed by atoms with E-state index in [9.17, 15) is 0 Å². The molecule has 0 unspecified atom stereocenters. The van der Waals surface area contributed by atoms with Crippen molar-refractivity contribution in [2.75, 3.05) is 13.7 Å². The summed E-state index contributed by atoms with van der Waals surface area (Å²) in [6.45, 7) is 8.82. The van der Waals surface area contributed by atoms with Gasteiger partial charge in [-0.25, -0.2) is 0 Å². The Hall–Kier alpha value is -1.52. The van der Waals surface area contributed by atoms with Gasteiger partial charge in [0, 0.05) is 6.54 Å². The van der Waals surface area contributed by atoms with Gasteiger partial charge in [-0.2, -0.15) is 0 Å². The summed E-state index contributed by atoms with van der Waals surface area (Å²) in [6.07, 6.45) is 0. The summed E-state index contributed by atoms with van der Waals surface area (Å²) in [5, 5.41) is 3.45. The Kier molecular flexibility index (Phi) is 7.13. The lowest BCUT2D eigenvalue weighted by Crippen LogP contribution is -2.19. The molecule has 0 saturated heterocycles. The van der Waals surface area contributed by atoms with Gasteiger partial charge >= 0.3 is 0 Å². The number of aryl methyl sites for hydroxylation is 1. The van der Waals surface area contributed by atoms with Crippen molar-refractivity contribution in [3.63, 3.8) is 0 Å². The predicted molar refractivity (Wildman–Crippen MR) is 103 cm³/mol. The van der Waals surface area contributed by atoms with Crippen LogP contribution in [0.4, 0.5) is 0 Å². The molecule has 0 bridgehead atoms. The van der Waals surface area contributed by atoms with E-state index in [4.69, 9.17) is 9.47 Å². The second-order valence-corrected chi connectivity index (χ2v) is 7.20. The van der Waals surface area contributed by atoms with Gasteiger partial charge in [0.1, 0.15) is 6.61 Å². The molecule has 0 aliphatic heterocycles. The molecule has 0 atom stereocenters. The van der Waals surface area contributed by atoms with Crippen LogP contribution in [0.3, 0.4) is 0 Å². The first-order valence-corrected chi connectivity index (χ1v) is 9.05. The van der Waals surface area contributed by atoms with E-state index in [0.29, 0.717) is 12.5 Å². The lowest BCUT2D eigenvalue weighted by Gasteiger charge is -2.16. The van der Waals surface area contributed by atoms with Crippen molar-refractivity contribution in [2.45, 2.75) is 33.9 Å². The third-order valence-electron chi connectivity index (χ3n) is 3.80. The van der Waals surface area contributed by atoms with E-state index in [-0.39, 0.29) is 0 Å². The van der Waals surface area contributed by atoms with Crippen LogP contribution in [-0.4, -0.2) is 13.7 Å². The second-order valence-electron chi connectivity index (χ2n) is 6.35. The van der Waals surface area contributed by atoms with Crippen LogP contribution in [0.5, 0.6) is 11.5 Å². The van der Waals surface area contributed by atoms with Gasteiger partial charge in [-0.15, -0.1) is 0 Å². The molecule has 2 aromatic rings. The van der Waals surface area contributed by atoms with Crippen LogP contribution in [0.25, 0.3) is 0 Å².